The Bertz CT molecular complexity index is 434. The van der Waals surface area contributed by atoms with E-state index in [9.17, 15) is 13.2 Å². The van der Waals surface area contributed by atoms with E-state index >= 15 is 0 Å². The zero-order chi connectivity index (χ0) is 13.9. The highest BCUT2D eigenvalue weighted by molar-refractivity contribution is 5.50. The van der Waals surface area contributed by atoms with Crippen LogP contribution in [0.25, 0.3) is 6.08 Å². The summed E-state index contributed by atoms with van der Waals surface area (Å²) in [5.74, 6) is 0. The highest BCUT2D eigenvalue weighted by atomic mass is 19.4. The maximum Gasteiger partial charge on any atom is 0.416 e. The fourth-order valence-corrected chi connectivity index (χ4v) is 2.35. The van der Waals surface area contributed by atoms with Crippen molar-refractivity contribution in [1.82, 2.24) is 4.90 Å². The van der Waals surface area contributed by atoms with E-state index in [1.54, 1.807) is 0 Å². The van der Waals surface area contributed by atoms with Crippen LogP contribution in [0.4, 0.5) is 13.2 Å². The van der Waals surface area contributed by atoms with Gasteiger partial charge in [-0.05, 0) is 44.1 Å². The van der Waals surface area contributed by atoms with E-state index < -0.39 is 11.7 Å². The molecule has 19 heavy (non-hydrogen) atoms. The molecule has 0 radical (unpaired) electrons. The third-order valence-corrected chi connectivity index (χ3v) is 3.58. The van der Waals surface area contributed by atoms with Crippen LogP contribution in [0.3, 0.4) is 0 Å². The lowest BCUT2D eigenvalue weighted by Gasteiger charge is -2.30. The van der Waals surface area contributed by atoms with Gasteiger partial charge in [-0.25, -0.2) is 0 Å². The van der Waals surface area contributed by atoms with Crippen LogP contribution in [0.2, 0.25) is 0 Å². The fourth-order valence-electron chi connectivity index (χ4n) is 2.35. The number of hydrogen-bond acceptors (Lipinski definition) is 1. The van der Waals surface area contributed by atoms with Crippen LogP contribution >= 0.6 is 0 Å². The topological polar surface area (TPSA) is 3.24 Å². The Morgan fingerprint density at radius 3 is 2.42 bits per heavy atom. The van der Waals surface area contributed by atoms with Gasteiger partial charge in [-0.15, -0.1) is 0 Å². The second kappa shape index (κ2) is 5.78. The zero-order valence-electron chi connectivity index (χ0n) is 11.0. The van der Waals surface area contributed by atoms with Gasteiger partial charge in [0.15, 0.2) is 0 Å². The average molecular weight is 269 g/mol. The molecule has 0 spiro atoms. The number of halogens is 3. The van der Waals surface area contributed by atoms with Crippen molar-refractivity contribution < 1.29 is 13.2 Å². The molecule has 1 aromatic rings. The van der Waals surface area contributed by atoms with E-state index in [1.165, 1.54) is 25.0 Å². The summed E-state index contributed by atoms with van der Waals surface area (Å²) in [4.78, 5) is 2.28. The number of hydrogen-bond donors (Lipinski definition) is 0. The second-order valence-corrected chi connectivity index (χ2v) is 5.02. The zero-order valence-corrected chi connectivity index (χ0v) is 11.0. The van der Waals surface area contributed by atoms with Gasteiger partial charge < -0.3 is 0 Å². The molecule has 0 saturated carbocycles. The van der Waals surface area contributed by atoms with Gasteiger partial charge in [-0.2, -0.15) is 13.2 Å². The first kappa shape index (κ1) is 14.1. The number of benzene rings is 1. The second-order valence-electron chi connectivity index (χ2n) is 5.02. The van der Waals surface area contributed by atoms with E-state index in [0.717, 1.165) is 30.7 Å². The summed E-state index contributed by atoms with van der Waals surface area (Å²) in [6.07, 6.45) is 3.29. The number of likely N-dealkylation sites (tertiary alicyclic amines) is 1. The van der Waals surface area contributed by atoms with Crippen LogP contribution in [0, 0.1) is 0 Å². The molecule has 1 aliphatic heterocycles. The van der Waals surface area contributed by atoms with Crippen LogP contribution in [0.1, 0.15) is 30.4 Å². The summed E-state index contributed by atoms with van der Waals surface area (Å²) in [5.41, 5.74) is 0.214. The molecule has 4 heteroatoms. The maximum absolute atomic E-state index is 12.4. The molecule has 1 atom stereocenters. The summed E-state index contributed by atoms with van der Waals surface area (Å²) < 4.78 is 37.3. The predicted octanol–water partition coefficient (Wildman–Crippen LogP) is 4.20. The highest BCUT2D eigenvalue weighted by Gasteiger charge is 2.29. The number of rotatable bonds is 2. The predicted molar refractivity (Wildman–Crippen MR) is 70.7 cm³/mol. The molecule has 1 fully saturated rings. The molecule has 0 N–H and O–H groups in total. The molecule has 104 valence electrons. The molecular formula is C15H18F3N. The molecule has 2 rings (SSSR count). The molecule has 1 heterocycles. The highest BCUT2D eigenvalue weighted by Crippen LogP contribution is 2.29. The number of alkyl halides is 3. The third kappa shape index (κ3) is 3.83. The smallest absolute Gasteiger partial charge is 0.300 e. The Labute approximate surface area is 111 Å². The summed E-state index contributed by atoms with van der Waals surface area (Å²) in [6.45, 7) is 1.09. The van der Waals surface area contributed by atoms with Crippen molar-refractivity contribution in [2.24, 2.45) is 0 Å². The molecule has 1 aliphatic rings. The quantitative estimate of drug-likeness (QED) is 0.777. The SMILES string of the molecule is CN1CCCC[C@H]1/C=C/c1ccc(C(F)(F)F)cc1. The van der Waals surface area contributed by atoms with E-state index in [2.05, 4.69) is 18.0 Å². The van der Waals surface area contributed by atoms with E-state index in [-0.39, 0.29) is 0 Å². The van der Waals surface area contributed by atoms with Gasteiger partial charge in [0.05, 0.1) is 5.56 Å². The summed E-state index contributed by atoms with van der Waals surface area (Å²) in [6, 6.07) is 5.69. The first-order valence-electron chi connectivity index (χ1n) is 6.52. The molecule has 0 aromatic heterocycles. The van der Waals surface area contributed by atoms with Crippen molar-refractivity contribution in [3.63, 3.8) is 0 Å². The first-order chi connectivity index (χ1) is 8.97. The van der Waals surface area contributed by atoms with Gasteiger partial charge in [0.2, 0.25) is 0 Å². The largest absolute Gasteiger partial charge is 0.416 e. The molecule has 1 aromatic carbocycles. The molecule has 0 aliphatic carbocycles. The number of piperidine rings is 1. The minimum absolute atomic E-state index is 0.399. The Kier molecular flexibility index (Phi) is 4.30. The monoisotopic (exact) mass is 269 g/mol. The molecule has 1 nitrogen and oxygen atoms in total. The lowest BCUT2D eigenvalue weighted by Crippen LogP contribution is -2.34. The van der Waals surface area contributed by atoms with E-state index in [1.807, 2.05) is 6.08 Å². The molecule has 0 bridgehead atoms. The number of nitrogens with zero attached hydrogens (tertiary/aromatic N) is 1. The summed E-state index contributed by atoms with van der Waals surface area (Å²) >= 11 is 0. The standard InChI is InChI=1S/C15H18F3N/c1-19-11-3-2-4-14(19)10-7-12-5-8-13(9-6-12)15(16,17)18/h5-10,14H,2-4,11H2,1H3/b10-7+/t14-/m0/s1. The van der Waals surface area contributed by atoms with Gasteiger partial charge in [-0.1, -0.05) is 30.7 Å². The molecule has 0 amide bonds. The van der Waals surface area contributed by atoms with Crippen LogP contribution < -0.4 is 0 Å². The first-order valence-corrected chi connectivity index (χ1v) is 6.52. The van der Waals surface area contributed by atoms with Crippen molar-refractivity contribution in [1.29, 1.82) is 0 Å². The summed E-state index contributed by atoms with van der Waals surface area (Å²) in [5, 5.41) is 0. The van der Waals surface area contributed by atoms with Crippen molar-refractivity contribution in [2.75, 3.05) is 13.6 Å². The lowest BCUT2D eigenvalue weighted by molar-refractivity contribution is -0.137. The Balaban J connectivity index is 2.03. The van der Waals surface area contributed by atoms with Gasteiger partial charge >= 0.3 is 6.18 Å². The molecule has 1 saturated heterocycles. The van der Waals surface area contributed by atoms with Crippen LogP contribution in [0.5, 0.6) is 0 Å². The van der Waals surface area contributed by atoms with Crippen LogP contribution in [0.15, 0.2) is 30.3 Å². The van der Waals surface area contributed by atoms with Crippen LogP contribution in [-0.4, -0.2) is 24.5 Å². The van der Waals surface area contributed by atoms with E-state index in [0.29, 0.717) is 6.04 Å². The van der Waals surface area contributed by atoms with E-state index in [4.69, 9.17) is 0 Å². The van der Waals surface area contributed by atoms with Crippen molar-refractivity contribution in [2.45, 2.75) is 31.5 Å². The minimum atomic E-state index is -4.26. The molecular weight excluding hydrogens is 251 g/mol. The Hall–Kier alpha value is -1.29. The normalized spacial score (nSPS) is 22.0. The minimum Gasteiger partial charge on any atom is -0.300 e. The van der Waals surface area contributed by atoms with Gasteiger partial charge in [-0.3, -0.25) is 4.90 Å². The Morgan fingerprint density at radius 1 is 1.16 bits per heavy atom. The van der Waals surface area contributed by atoms with Crippen molar-refractivity contribution >= 4 is 6.08 Å². The van der Waals surface area contributed by atoms with Gasteiger partial charge in [0.25, 0.3) is 0 Å². The molecule has 0 unspecified atom stereocenters. The Morgan fingerprint density at radius 2 is 1.84 bits per heavy atom. The van der Waals surface area contributed by atoms with Crippen LogP contribution in [-0.2, 0) is 6.18 Å². The average Bonchev–Trinajstić information content (AvgIpc) is 2.37. The summed E-state index contributed by atoms with van der Waals surface area (Å²) in [7, 11) is 2.08. The number of likely N-dealkylation sites (N-methyl/N-ethyl adjacent to an activating group) is 1. The van der Waals surface area contributed by atoms with Gasteiger partial charge in [0, 0.05) is 6.04 Å². The van der Waals surface area contributed by atoms with Gasteiger partial charge in [0.1, 0.15) is 0 Å². The fraction of sp³-hybridized carbons (Fsp3) is 0.467. The maximum atomic E-state index is 12.4. The lowest BCUT2D eigenvalue weighted by atomic mass is 10.0. The van der Waals surface area contributed by atoms with Crippen molar-refractivity contribution in [3.8, 4) is 0 Å². The third-order valence-electron chi connectivity index (χ3n) is 3.58. The van der Waals surface area contributed by atoms with Crippen molar-refractivity contribution in [3.05, 3.63) is 41.5 Å².